The third-order valence-electron chi connectivity index (χ3n) is 6.08. The quantitative estimate of drug-likeness (QED) is 0.835. The number of aromatic hydroxyl groups is 1. The van der Waals surface area contributed by atoms with Crippen LogP contribution in [-0.4, -0.2) is 44.9 Å². The van der Waals surface area contributed by atoms with Gasteiger partial charge in [0.2, 0.25) is 0 Å². The second kappa shape index (κ2) is 6.70. The van der Waals surface area contributed by atoms with Gasteiger partial charge in [-0.15, -0.1) is 5.10 Å². The van der Waals surface area contributed by atoms with Crippen LogP contribution < -0.4 is 0 Å². The van der Waals surface area contributed by atoms with Gasteiger partial charge in [0.1, 0.15) is 11.9 Å². The summed E-state index contributed by atoms with van der Waals surface area (Å²) < 4.78 is 38.4. The topological polar surface area (TPSA) is 69.5 Å². The van der Waals surface area contributed by atoms with Gasteiger partial charge < -0.3 is 15.1 Å². The number of hydrogen-bond donors (Lipinski definition) is 2. The summed E-state index contributed by atoms with van der Waals surface area (Å²) in [5.74, 6) is 0.199. The van der Waals surface area contributed by atoms with Gasteiger partial charge in [-0.3, -0.25) is 0 Å². The van der Waals surface area contributed by atoms with Crippen LogP contribution in [0.1, 0.15) is 35.8 Å². The van der Waals surface area contributed by atoms with Gasteiger partial charge in [-0.2, -0.15) is 18.3 Å². The Balaban J connectivity index is 1.60. The molecule has 2 heterocycles. The van der Waals surface area contributed by atoms with E-state index < -0.39 is 23.6 Å². The fourth-order valence-corrected chi connectivity index (χ4v) is 4.74. The first-order valence-corrected chi connectivity index (χ1v) is 9.28. The van der Waals surface area contributed by atoms with Crippen LogP contribution in [0.2, 0.25) is 0 Å². The Morgan fingerprint density at radius 1 is 1.18 bits per heavy atom. The number of phenols is 1. The number of aliphatic hydroxyl groups is 1. The molecule has 0 radical (unpaired) electrons. The zero-order chi connectivity index (χ0) is 20.2. The Morgan fingerprint density at radius 3 is 2.50 bits per heavy atom. The normalized spacial score (nSPS) is 26.0. The van der Waals surface area contributed by atoms with E-state index in [1.165, 1.54) is 6.07 Å². The minimum absolute atomic E-state index is 0.0998. The van der Waals surface area contributed by atoms with E-state index in [0.29, 0.717) is 35.0 Å². The standard InChI is InChI=1S/C20H22F3N3O2/c1-10-5-15(19(28)14-6-11-7-16(14)26(2)9-11)24-25-18(10)13-4-3-12(8-17(13)27)20(21,22)23/h3-5,8,11,14,16,19,27-28H,6-7,9H2,1-2H3. The highest BCUT2D eigenvalue weighted by molar-refractivity contribution is 5.69. The molecule has 4 atom stereocenters. The number of aliphatic hydroxyl groups excluding tert-OH is 1. The lowest BCUT2D eigenvalue weighted by atomic mass is 9.90. The molecule has 1 aliphatic carbocycles. The molecule has 2 aliphatic rings. The van der Waals surface area contributed by atoms with E-state index >= 15 is 0 Å². The maximum absolute atomic E-state index is 12.8. The van der Waals surface area contributed by atoms with Crippen molar-refractivity contribution >= 4 is 0 Å². The van der Waals surface area contributed by atoms with Gasteiger partial charge in [0, 0.05) is 24.1 Å². The Labute approximate surface area is 160 Å². The lowest BCUT2D eigenvalue weighted by molar-refractivity contribution is -0.137. The van der Waals surface area contributed by atoms with Crippen molar-refractivity contribution < 1.29 is 23.4 Å². The van der Waals surface area contributed by atoms with E-state index in [4.69, 9.17) is 0 Å². The second-order valence-electron chi connectivity index (χ2n) is 7.98. The largest absolute Gasteiger partial charge is 0.507 e. The van der Waals surface area contributed by atoms with Gasteiger partial charge in [-0.25, -0.2) is 0 Å². The average molecular weight is 393 g/mol. The molecule has 2 fully saturated rings. The highest BCUT2D eigenvalue weighted by Crippen LogP contribution is 2.46. The number of rotatable bonds is 3. The van der Waals surface area contributed by atoms with E-state index in [1.807, 2.05) is 0 Å². The number of likely N-dealkylation sites (tertiary alicyclic amines) is 1. The van der Waals surface area contributed by atoms with Crippen LogP contribution in [0.5, 0.6) is 5.75 Å². The zero-order valence-electron chi connectivity index (χ0n) is 15.6. The van der Waals surface area contributed by atoms with Crippen molar-refractivity contribution in [2.75, 3.05) is 13.6 Å². The molecule has 1 saturated carbocycles. The number of phenolic OH excluding ortho intramolecular Hbond substituents is 1. The minimum atomic E-state index is -4.53. The van der Waals surface area contributed by atoms with E-state index in [1.54, 1.807) is 13.0 Å². The summed E-state index contributed by atoms with van der Waals surface area (Å²) in [4.78, 5) is 2.27. The number of fused-ring (bicyclic) bond motifs is 2. The van der Waals surface area contributed by atoms with Crippen molar-refractivity contribution in [1.29, 1.82) is 0 Å². The maximum Gasteiger partial charge on any atom is 0.416 e. The minimum Gasteiger partial charge on any atom is -0.507 e. The monoisotopic (exact) mass is 393 g/mol. The third kappa shape index (κ3) is 3.24. The summed E-state index contributed by atoms with van der Waals surface area (Å²) in [6, 6.07) is 4.82. The first-order valence-electron chi connectivity index (χ1n) is 9.28. The molecule has 4 unspecified atom stereocenters. The number of piperidine rings is 1. The molecule has 0 spiro atoms. The summed E-state index contributed by atoms with van der Waals surface area (Å²) in [6.07, 6.45) is -3.22. The van der Waals surface area contributed by atoms with Crippen molar-refractivity contribution in [2.24, 2.45) is 11.8 Å². The second-order valence-corrected chi connectivity index (χ2v) is 7.98. The first-order chi connectivity index (χ1) is 13.1. The molecule has 4 rings (SSSR count). The van der Waals surface area contributed by atoms with Crippen LogP contribution in [-0.2, 0) is 6.18 Å². The highest BCUT2D eigenvalue weighted by Gasteiger charge is 2.46. The highest BCUT2D eigenvalue weighted by atomic mass is 19.4. The fourth-order valence-electron chi connectivity index (χ4n) is 4.74. The Bertz CT molecular complexity index is 903. The zero-order valence-corrected chi connectivity index (χ0v) is 15.6. The van der Waals surface area contributed by atoms with Gasteiger partial charge in [-0.1, -0.05) is 0 Å². The van der Waals surface area contributed by atoms with Crippen molar-refractivity contribution in [1.82, 2.24) is 15.1 Å². The number of benzene rings is 1. The molecular weight excluding hydrogens is 371 g/mol. The Kier molecular flexibility index (Phi) is 4.58. The van der Waals surface area contributed by atoms with Gasteiger partial charge in [0.05, 0.1) is 17.0 Å². The third-order valence-corrected chi connectivity index (χ3v) is 6.08. The summed E-state index contributed by atoms with van der Waals surface area (Å²) >= 11 is 0. The number of halogens is 3. The number of nitrogens with zero attached hydrogens (tertiary/aromatic N) is 3. The van der Waals surface area contributed by atoms with E-state index in [9.17, 15) is 23.4 Å². The molecule has 0 amide bonds. The fraction of sp³-hybridized carbons (Fsp3) is 0.500. The maximum atomic E-state index is 12.8. The molecule has 1 aliphatic heterocycles. The van der Waals surface area contributed by atoms with Gasteiger partial charge in [0.25, 0.3) is 0 Å². The number of alkyl halides is 3. The molecule has 2 aromatic rings. The smallest absolute Gasteiger partial charge is 0.416 e. The molecule has 5 nitrogen and oxygen atoms in total. The van der Waals surface area contributed by atoms with Crippen molar-refractivity contribution in [3.63, 3.8) is 0 Å². The molecule has 2 N–H and O–H groups in total. The summed E-state index contributed by atoms with van der Waals surface area (Å²) in [5.41, 5.74) is 0.645. The van der Waals surface area contributed by atoms with Gasteiger partial charge in [-0.05, 0) is 62.6 Å². The van der Waals surface area contributed by atoms with Crippen molar-refractivity contribution in [2.45, 2.75) is 38.1 Å². The molecule has 2 bridgehead atoms. The summed E-state index contributed by atoms with van der Waals surface area (Å²) in [6.45, 7) is 2.80. The van der Waals surface area contributed by atoms with Crippen molar-refractivity contribution in [3.05, 3.63) is 41.1 Å². The van der Waals surface area contributed by atoms with Crippen LogP contribution in [0.25, 0.3) is 11.3 Å². The SMILES string of the molecule is Cc1cc(C(O)C2CC3CC2N(C)C3)nnc1-c1ccc(C(F)(F)F)cc1O. The molecule has 8 heteroatoms. The first kappa shape index (κ1) is 19.1. The predicted octanol–water partition coefficient (Wildman–Crippen LogP) is 3.55. The van der Waals surface area contributed by atoms with Crippen molar-refractivity contribution in [3.8, 4) is 17.0 Å². The summed E-state index contributed by atoms with van der Waals surface area (Å²) in [7, 11) is 2.07. The van der Waals surface area contributed by atoms with E-state index in [0.717, 1.165) is 25.5 Å². The van der Waals surface area contributed by atoms with Crippen LogP contribution in [0, 0.1) is 18.8 Å². The number of hydrogen-bond acceptors (Lipinski definition) is 5. The Hall–Kier alpha value is -2.19. The van der Waals surface area contributed by atoms with E-state index in [-0.39, 0.29) is 11.5 Å². The van der Waals surface area contributed by atoms with Gasteiger partial charge in [0.15, 0.2) is 0 Å². The number of aryl methyl sites for hydroxylation is 1. The molecular formula is C20H22F3N3O2. The number of aromatic nitrogens is 2. The van der Waals surface area contributed by atoms with Crippen LogP contribution in [0.3, 0.4) is 0 Å². The predicted molar refractivity (Wildman–Crippen MR) is 96.5 cm³/mol. The average Bonchev–Trinajstić information content (AvgIpc) is 3.20. The molecule has 1 saturated heterocycles. The molecule has 1 aromatic carbocycles. The molecule has 28 heavy (non-hydrogen) atoms. The van der Waals surface area contributed by atoms with Crippen LogP contribution in [0.15, 0.2) is 24.3 Å². The lowest BCUT2D eigenvalue weighted by Crippen LogP contribution is -2.38. The van der Waals surface area contributed by atoms with Gasteiger partial charge >= 0.3 is 6.18 Å². The summed E-state index contributed by atoms with van der Waals surface area (Å²) in [5, 5.41) is 29.1. The molecule has 1 aromatic heterocycles. The van der Waals surface area contributed by atoms with Crippen LogP contribution in [0.4, 0.5) is 13.2 Å². The Morgan fingerprint density at radius 2 is 1.93 bits per heavy atom. The van der Waals surface area contributed by atoms with Crippen LogP contribution >= 0.6 is 0 Å². The van der Waals surface area contributed by atoms with E-state index in [2.05, 4.69) is 22.1 Å². The lowest BCUT2D eigenvalue weighted by Gasteiger charge is -2.32. The molecule has 150 valence electrons.